The third kappa shape index (κ3) is 1.99. The van der Waals surface area contributed by atoms with Crippen molar-refractivity contribution in [2.75, 3.05) is 0 Å². The van der Waals surface area contributed by atoms with Gasteiger partial charge in [0.2, 0.25) is 0 Å². The first-order valence-electron chi connectivity index (χ1n) is 6.20. The van der Waals surface area contributed by atoms with Gasteiger partial charge >= 0.3 is 0 Å². The van der Waals surface area contributed by atoms with E-state index in [2.05, 4.69) is 4.98 Å². The molecule has 1 aromatic heterocycles. The van der Waals surface area contributed by atoms with Gasteiger partial charge in [0.25, 0.3) is 0 Å². The molecule has 0 bridgehead atoms. The molecule has 0 N–H and O–H groups in total. The molecule has 0 radical (unpaired) electrons. The monoisotopic (exact) mass is 270 g/mol. The molecule has 100 valence electrons. The molecule has 0 fully saturated rings. The molecular weight excluding hydrogens is 258 g/mol. The van der Waals surface area contributed by atoms with E-state index in [1.54, 1.807) is 54.2 Å². The van der Waals surface area contributed by atoms with Crippen LogP contribution in [-0.2, 0) is 7.05 Å². The number of imidazole rings is 1. The number of nitrogens with zero attached hydrogens (tertiary/aromatic N) is 2. The van der Waals surface area contributed by atoms with E-state index in [1.165, 1.54) is 12.1 Å². The van der Waals surface area contributed by atoms with E-state index >= 15 is 0 Å². The molecule has 2 nitrogen and oxygen atoms in total. The summed E-state index contributed by atoms with van der Waals surface area (Å²) in [5.41, 5.74) is 1.46. The minimum atomic E-state index is -0.346. The third-order valence-electron chi connectivity index (χ3n) is 3.25. The van der Waals surface area contributed by atoms with Gasteiger partial charge in [-0.25, -0.2) is 13.8 Å². The van der Waals surface area contributed by atoms with Crippen LogP contribution in [0.5, 0.6) is 0 Å². The second-order valence-electron chi connectivity index (χ2n) is 4.49. The Hall–Kier alpha value is -2.49. The van der Waals surface area contributed by atoms with Crippen LogP contribution in [0.1, 0.15) is 0 Å². The molecule has 2 aromatic carbocycles. The number of rotatable bonds is 2. The smallest absolute Gasteiger partial charge is 0.143 e. The van der Waals surface area contributed by atoms with Gasteiger partial charge in [-0.3, -0.25) is 0 Å². The van der Waals surface area contributed by atoms with Crippen LogP contribution in [0.2, 0.25) is 0 Å². The number of halogens is 2. The van der Waals surface area contributed by atoms with Gasteiger partial charge in [-0.2, -0.15) is 0 Å². The normalized spacial score (nSPS) is 10.8. The molecule has 0 saturated carbocycles. The maximum absolute atomic E-state index is 13.8. The summed E-state index contributed by atoms with van der Waals surface area (Å²) >= 11 is 0. The third-order valence-corrected chi connectivity index (χ3v) is 3.25. The fourth-order valence-corrected chi connectivity index (χ4v) is 2.22. The number of benzene rings is 2. The fourth-order valence-electron chi connectivity index (χ4n) is 2.22. The standard InChI is InChI=1S/C16H12F2N2/c1-20-15(11-6-2-4-8-13(11)17)10-19-16(20)12-7-3-5-9-14(12)18/h2-10H,1H3. The summed E-state index contributed by atoms with van der Waals surface area (Å²) in [6.45, 7) is 0. The van der Waals surface area contributed by atoms with Crippen molar-refractivity contribution < 1.29 is 8.78 Å². The van der Waals surface area contributed by atoms with E-state index in [9.17, 15) is 8.78 Å². The molecule has 3 aromatic rings. The highest BCUT2D eigenvalue weighted by Crippen LogP contribution is 2.28. The Kier molecular flexibility index (Phi) is 3.06. The van der Waals surface area contributed by atoms with Gasteiger partial charge in [0, 0.05) is 12.6 Å². The summed E-state index contributed by atoms with van der Waals surface area (Å²) in [6, 6.07) is 12.9. The highest BCUT2D eigenvalue weighted by molar-refractivity contribution is 5.66. The minimum absolute atomic E-state index is 0.324. The minimum Gasteiger partial charge on any atom is -0.327 e. The van der Waals surface area contributed by atoms with Gasteiger partial charge in [0.15, 0.2) is 0 Å². The summed E-state index contributed by atoms with van der Waals surface area (Å²) in [5.74, 6) is -0.196. The number of hydrogen-bond acceptors (Lipinski definition) is 1. The first kappa shape index (κ1) is 12.5. The topological polar surface area (TPSA) is 17.8 Å². The highest BCUT2D eigenvalue weighted by Gasteiger charge is 2.15. The summed E-state index contributed by atoms with van der Waals surface area (Å²) in [5, 5.41) is 0. The quantitative estimate of drug-likeness (QED) is 0.687. The van der Waals surface area contributed by atoms with Crippen LogP contribution >= 0.6 is 0 Å². The van der Waals surface area contributed by atoms with Crippen LogP contribution < -0.4 is 0 Å². The first-order chi connectivity index (χ1) is 9.68. The number of aromatic nitrogens is 2. The largest absolute Gasteiger partial charge is 0.327 e. The van der Waals surface area contributed by atoms with Crippen LogP contribution in [0, 0.1) is 11.6 Å². The van der Waals surface area contributed by atoms with Crippen LogP contribution in [0.25, 0.3) is 22.6 Å². The Morgan fingerprint density at radius 3 is 2.00 bits per heavy atom. The van der Waals surface area contributed by atoms with Gasteiger partial charge < -0.3 is 4.57 Å². The Bertz CT molecular complexity index is 700. The maximum atomic E-state index is 13.8. The first-order valence-corrected chi connectivity index (χ1v) is 6.20. The Balaban J connectivity index is 2.15. The van der Waals surface area contributed by atoms with Gasteiger partial charge in [-0.1, -0.05) is 24.3 Å². The van der Waals surface area contributed by atoms with E-state index in [1.807, 2.05) is 0 Å². The van der Waals surface area contributed by atoms with Crippen molar-refractivity contribution in [3.8, 4) is 22.6 Å². The van der Waals surface area contributed by atoms with Crippen LogP contribution in [-0.4, -0.2) is 9.55 Å². The molecule has 0 saturated heterocycles. The van der Waals surface area contributed by atoms with Crippen molar-refractivity contribution in [3.63, 3.8) is 0 Å². The van der Waals surface area contributed by atoms with E-state index in [0.717, 1.165) is 0 Å². The van der Waals surface area contributed by atoms with E-state index in [-0.39, 0.29) is 11.6 Å². The lowest BCUT2D eigenvalue weighted by Gasteiger charge is -2.07. The van der Waals surface area contributed by atoms with Crippen molar-refractivity contribution in [2.24, 2.45) is 7.05 Å². The van der Waals surface area contributed by atoms with Crippen molar-refractivity contribution in [2.45, 2.75) is 0 Å². The maximum Gasteiger partial charge on any atom is 0.143 e. The van der Waals surface area contributed by atoms with Crippen molar-refractivity contribution in [1.82, 2.24) is 9.55 Å². The second kappa shape index (κ2) is 4.89. The molecule has 20 heavy (non-hydrogen) atoms. The average Bonchev–Trinajstić information content (AvgIpc) is 2.82. The van der Waals surface area contributed by atoms with Crippen molar-refractivity contribution in [1.29, 1.82) is 0 Å². The van der Waals surface area contributed by atoms with Gasteiger partial charge in [-0.15, -0.1) is 0 Å². The lowest BCUT2D eigenvalue weighted by Crippen LogP contribution is -1.98. The van der Waals surface area contributed by atoms with Crippen molar-refractivity contribution in [3.05, 3.63) is 66.4 Å². The zero-order chi connectivity index (χ0) is 14.1. The molecule has 1 heterocycles. The Morgan fingerprint density at radius 1 is 0.850 bits per heavy atom. The predicted molar refractivity (Wildman–Crippen MR) is 74.0 cm³/mol. The summed E-state index contributed by atoms with van der Waals surface area (Å²) in [7, 11) is 1.75. The molecule has 0 spiro atoms. The van der Waals surface area contributed by atoms with Gasteiger partial charge in [0.1, 0.15) is 17.5 Å². The van der Waals surface area contributed by atoms with Gasteiger partial charge in [0.05, 0.1) is 17.5 Å². The SMILES string of the molecule is Cn1c(-c2ccccc2F)cnc1-c1ccccc1F. The molecule has 0 aliphatic rings. The lowest BCUT2D eigenvalue weighted by atomic mass is 10.1. The van der Waals surface area contributed by atoms with E-state index < -0.39 is 0 Å². The molecule has 4 heteroatoms. The highest BCUT2D eigenvalue weighted by atomic mass is 19.1. The number of hydrogen-bond donors (Lipinski definition) is 0. The molecule has 0 amide bonds. The van der Waals surface area contributed by atoms with Crippen molar-refractivity contribution >= 4 is 0 Å². The molecule has 3 rings (SSSR count). The summed E-state index contributed by atoms with van der Waals surface area (Å²) < 4.78 is 29.3. The van der Waals surface area contributed by atoms with Gasteiger partial charge in [-0.05, 0) is 24.3 Å². The van der Waals surface area contributed by atoms with E-state index in [0.29, 0.717) is 22.6 Å². The van der Waals surface area contributed by atoms with Crippen LogP contribution in [0.15, 0.2) is 54.7 Å². The molecule has 0 aliphatic carbocycles. The average molecular weight is 270 g/mol. The zero-order valence-corrected chi connectivity index (χ0v) is 10.8. The molecule has 0 atom stereocenters. The van der Waals surface area contributed by atoms with Crippen LogP contribution in [0.3, 0.4) is 0 Å². The Labute approximate surface area is 115 Å². The fraction of sp³-hybridized carbons (Fsp3) is 0.0625. The predicted octanol–water partition coefficient (Wildman–Crippen LogP) is 4.03. The summed E-state index contributed by atoms with van der Waals surface area (Å²) in [4.78, 5) is 4.22. The van der Waals surface area contributed by atoms with Crippen LogP contribution in [0.4, 0.5) is 8.78 Å². The zero-order valence-electron chi connectivity index (χ0n) is 10.8. The molecular formula is C16H12F2N2. The van der Waals surface area contributed by atoms with E-state index in [4.69, 9.17) is 0 Å². The molecule has 0 unspecified atom stereocenters. The Morgan fingerprint density at radius 2 is 1.40 bits per heavy atom. The second-order valence-corrected chi connectivity index (χ2v) is 4.49. The summed E-state index contributed by atoms with van der Waals surface area (Å²) in [6.07, 6.45) is 1.56. The lowest BCUT2D eigenvalue weighted by molar-refractivity contribution is 0.627. The molecule has 0 aliphatic heterocycles.